The minimum absolute atomic E-state index is 0.219. The first-order valence-corrected chi connectivity index (χ1v) is 4.89. The zero-order valence-corrected chi connectivity index (χ0v) is 7.94. The van der Waals surface area contributed by atoms with Gasteiger partial charge in [0.1, 0.15) is 0 Å². The van der Waals surface area contributed by atoms with Crippen molar-refractivity contribution in [2.75, 3.05) is 0 Å². The number of amides is 2. The summed E-state index contributed by atoms with van der Waals surface area (Å²) in [6.45, 7) is 0. The lowest BCUT2D eigenvalue weighted by Gasteiger charge is -2.18. The van der Waals surface area contributed by atoms with Crippen molar-refractivity contribution in [1.29, 1.82) is 0 Å². The van der Waals surface area contributed by atoms with Gasteiger partial charge in [0.15, 0.2) is 0 Å². The average molecular weight is 199 g/mol. The summed E-state index contributed by atoms with van der Waals surface area (Å²) in [6, 6.07) is 7.61. The summed E-state index contributed by atoms with van der Waals surface area (Å²) in [7, 11) is 0. The highest BCUT2D eigenvalue weighted by atomic mass is 16.2. The van der Waals surface area contributed by atoms with E-state index >= 15 is 0 Å². The minimum Gasteiger partial charge on any atom is -0.295 e. The molecule has 2 unspecified atom stereocenters. The Labute approximate surface area is 86.8 Å². The maximum atomic E-state index is 11.7. The summed E-state index contributed by atoms with van der Waals surface area (Å²) < 4.78 is 0. The van der Waals surface area contributed by atoms with Gasteiger partial charge < -0.3 is 0 Å². The number of imide groups is 1. The Morgan fingerprint density at radius 2 is 1.33 bits per heavy atom. The topological polar surface area (TPSA) is 46.2 Å². The molecule has 2 amide bonds. The zero-order chi connectivity index (χ0) is 10.4. The van der Waals surface area contributed by atoms with E-state index in [1.807, 2.05) is 36.4 Å². The molecule has 0 saturated carbocycles. The monoisotopic (exact) mass is 199 g/mol. The Morgan fingerprint density at radius 3 is 1.80 bits per heavy atom. The first-order valence-electron chi connectivity index (χ1n) is 4.89. The molecule has 2 aliphatic heterocycles. The Balaban J connectivity index is 2.28. The number of hydrogen-bond acceptors (Lipinski definition) is 2. The van der Waals surface area contributed by atoms with Gasteiger partial charge >= 0.3 is 0 Å². The van der Waals surface area contributed by atoms with Gasteiger partial charge in [-0.3, -0.25) is 14.9 Å². The fraction of sp³-hybridized carbons (Fsp3) is 0.167. The van der Waals surface area contributed by atoms with Crippen molar-refractivity contribution < 1.29 is 9.59 Å². The molecule has 2 bridgehead atoms. The molecule has 4 rings (SSSR count). The lowest BCUT2D eigenvalue weighted by molar-refractivity contribution is -0.130. The number of hydrogen-bond donors (Lipinski definition) is 1. The largest absolute Gasteiger partial charge is 0.295 e. The average Bonchev–Trinajstić information content (AvgIpc) is 2.45. The smallest absolute Gasteiger partial charge is 0.237 e. The maximum absolute atomic E-state index is 11.7. The number of fused-ring (bicyclic) bond motifs is 2. The third-order valence-electron chi connectivity index (χ3n) is 2.97. The summed E-state index contributed by atoms with van der Waals surface area (Å²) in [5, 5.41) is 2.41. The van der Waals surface area contributed by atoms with Gasteiger partial charge in [0, 0.05) is 0 Å². The lowest BCUT2D eigenvalue weighted by atomic mass is 9.83. The van der Waals surface area contributed by atoms with Crippen LogP contribution in [0.25, 0.3) is 0 Å². The number of carbonyl (C=O) groups is 2. The van der Waals surface area contributed by atoms with Gasteiger partial charge in [0.2, 0.25) is 11.8 Å². The molecule has 1 aromatic rings. The quantitative estimate of drug-likeness (QED) is 0.502. The highest BCUT2D eigenvalue weighted by Gasteiger charge is 2.35. The van der Waals surface area contributed by atoms with Crippen LogP contribution in [-0.4, -0.2) is 11.8 Å². The highest BCUT2D eigenvalue weighted by Crippen LogP contribution is 2.36. The van der Waals surface area contributed by atoms with Crippen LogP contribution in [0.5, 0.6) is 0 Å². The summed E-state index contributed by atoms with van der Waals surface area (Å²) in [6.07, 6.45) is 3.63. The summed E-state index contributed by atoms with van der Waals surface area (Å²) in [4.78, 5) is 23.3. The predicted molar refractivity (Wildman–Crippen MR) is 54.2 cm³/mol. The zero-order valence-electron chi connectivity index (χ0n) is 7.94. The minimum atomic E-state index is -0.302. The second kappa shape index (κ2) is 2.79. The van der Waals surface area contributed by atoms with E-state index in [0.29, 0.717) is 0 Å². The Bertz CT molecular complexity index is 447. The summed E-state index contributed by atoms with van der Waals surface area (Å²) in [5.41, 5.74) is 1.90. The van der Waals surface area contributed by atoms with Gasteiger partial charge in [-0.25, -0.2) is 0 Å². The number of nitrogens with one attached hydrogen (secondary N) is 1. The van der Waals surface area contributed by atoms with Crippen LogP contribution in [0.2, 0.25) is 0 Å². The molecule has 1 N–H and O–H groups in total. The molecule has 1 aliphatic carbocycles. The van der Waals surface area contributed by atoms with E-state index in [1.54, 1.807) is 0 Å². The van der Waals surface area contributed by atoms with Crippen molar-refractivity contribution in [3.05, 3.63) is 47.5 Å². The van der Waals surface area contributed by atoms with Crippen molar-refractivity contribution in [2.24, 2.45) is 0 Å². The molecule has 0 spiro atoms. The Kier molecular flexibility index (Phi) is 1.57. The third-order valence-corrected chi connectivity index (χ3v) is 2.97. The van der Waals surface area contributed by atoms with Gasteiger partial charge in [-0.15, -0.1) is 0 Å². The van der Waals surface area contributed by atoms with Crippen molar-refractivity contribution in [3.8, 4) is 0 Å². The molecule has 3 nitrogen and oxygen atoms in total. The summed E-state index contributed by atoms with van der Waals surface area (Å²) in [5.74, 6) is -1.04. The van der Waals surface area contributed by atoms with Crippen LogP contribution in [-0.2, 0) is 9.59 Å². The number of rotatable bonds is 0. The van der Waals surface area contributed by atoms with Gasteiger partial charge in [0.25, 0.3) is 0 Å². The lowest BCUT2D eigenvalue weighted by Crippen LogP contribution is -2.31. The first kappa shape index (κ1) is 8.41. The first-order chi connectivity index (χ1) is 7.27. The van der Waals surface area contributed by atoms with E-state index < -0.39 is 0 Å². The third kappa shape index (κ3) is 1.06. The van der Waals surface area contributed by atoms with Crippen LogP contribution in [0, 0.1) is 0 Å². The SMILES string of the molecule is O=C1NC(=O)C2C=CC1c1ccccc12. The molecule has 0 aromatic heterocycles. The van der Waals surface area contributed by atoms with Crippen molar-refractivity contribution in [1.82, 2.24) is 5.32 Å². The van der Waals surface area contributed by atoms with E-state index in [-0.39, 0.29) is 23.7 Å². The van der Waals surface area contributed by atoms with E-state index in [2.05, 4.69) is 5.32 Å². The number of carbonyl (C=O) groups excluding carboxylic acids is 2. The molecule has 3 aliphatic rings. The van der Waals surface area contributed by atoms with Crippen LogP contribution in [0.3, 0.4) is 0 Å². The molecule has 1 aromatic carbocycles. The Morgan fingerprint density at radius 1 is 0.867 bits per heavy atom. The second-order valence-electron chi connectivity index (χ2n) is 3.82. The van der Waals surface area contributed by atoms with E-state index in [4.69, 9.17) is 0 Å². The predicted octanol–water partition coefficient (Wildman–Crippen LogP) is 1.08. The maximum Gasteiger partial charge on any atom is 0.237 e. The number of benzene rings is 1. The molecule has 0 fully saturated rings. The van der Waals surface area contributed by atoms with E-state index in [1.165, 1.54) is 0 Å². The molecule has 74 valence electrons. The van der Waals surface area contributed by atoms with Crippen LogP contribution in [0.4, 0.5) is 0 Å². The van der Waals surface area contributed by atoms with Gasteiger partial charge in [-0.05, 0) is 11.1 Å². The van der Waals surface area contributed by atoms with Gasteiger partial charge in [0.05, 0.1) is 11.8 Å². The molecule has 0 saturated heterocycles. The molecular weight excluding hydrogens is 190 g/mol. The van der Waals surface area contributed by atoms with E-state index in [9.17, 15) is 9.59 Å². The van der Waals surface area contributed by atoms with Crippen LogP contribution in [0.1, 0.15) is 23.0 Å². The molecule has 2 atom stereocenters. The standard InChI is InChI=1S/C12H9NO2/c14-11-9-5-6-10(12(15)13-11)8-4-2-1-3-7(8)9/h1-6,9-10H,(H,13,14,15). The van der Waals surface area contributed by atoms with Crippen molar-refractivity contribution >= 4 is 11.8 Å². The highest BCUT2D eigenvalue weighted by molar-refractivity contribution is 6.06. The molecule has 2 heterocycles. The van der Waals surface area contributed by atoms with Gasteiger partial charge in [-0.1, -0.05) is 36.4 Å². The fourth-order valence-electron chi connectivity index (χ4n) is 2.24. The normalized spacial score (nSPS) is 27.2. The molecule has 0 radical (unpaired) electrons. The van der Waals surface area contributed by atoms with Crippen LogP contribution >= 0.6 is 0 Å². The molecule has 3 heteroatoms. The Hall–Kier alpha value is -1.90. The molecule has 15 heavy (non-hydrogen) atoms. The fourth-order valence-corrected chi connectivity index (χ4v) is 2.24. The van der Waals surface area contributed by atoms with Crippen LogP contribution in [0.15, 0.2) is 36.4 Å². The summed E-state index contributed by atoms with van der Waals surface area (Å²) >= 11 is 0. The second-order valence-corrected chi connectivity index (χ2v) is 3.82. The van der Waals surface area contributed by atoms with Crippen LogP contribution < -0.4 is 5.32 Å². The van der Waals surface area contributed by atoms with Crippen molar-refractivity contribution in [2.45, 2.75) is 11.8 Å². The van der Waals surface area contributed by atoms with Gasteiger partial charge in [-0.2, -0.15) is 0 Å². The van der Waals surface area contributed by atoms with Crippen molar-refractivity contribution in [3.63, 3.8) is 0 Å². The molecular formula is C12H9NO2. The van der Waals surface area contributed by atoms with E-state index in [0.717, 1.165) is 11.1 Å².